The molecule has 7 nitrogen and oxygen atoms in total. The van der Waals surface area contributed by atoms with Crippen molar-refractivity contribution in [1.82, 2.24) is 10.6 Å². The van der Waals surface area contributed by atoms with Crippen LogP contribution in [0.25, 0.3) is 0 Å². The van der Waals surface area contributed by atoms with Crippen LogP contribution in [0.15, 0.2) is 42.5 Å². The molecule has 0 aliphatic heterocycles. The lowest BCUT2D eigenvalue weighted by Gasteiger charge is -2.27. The van der Waals surface area contributed by atoms with Crippen LogP contribution < -0.4 is 16.4 Å². The van der Waals surface area contributed by atoms with Crippen LogP contribution in [0.5, 0.6) is 0 Å². The van der Waals surface area contributed by atoms with Gasteiger partial charge >= 0.3 is 0 Å². The van der Waals surface area contributed by atoms with Gasteiger partial charge in [-0.2, -0.15) is 0 Å². The van der Waals surface area contributed by atoms with Crippen LogP contribution in [0, 0.1) is 11.6 Å². The molecule has 0 heterocycles. The number of carbonyl (C=O) groups excluding carboxylic acids is 1. The molecule has 0 saturated carbocycles. The summed E-state index contributed by atoms with van der Waals surface area (Å²) < 4.78 is 53.5. The average molecular weight is 604 g/mol. The van der Waals surface area contributed by atoms with E-state index < -0.39 is 56.6 Å². The second-order valence-corrected chi connectivity index (χ2v) is 12.4. The second-order valence-electron chi connectivity index (χ2n) is 10.1. The summed E-state index contributed by atoms with van der Waals surface area (Å²) in [6.07, 6.45) is 2.03. The highest BCUT2D eigenvalue weighted by Crippen LogP contribution is 2.17. The molecule has 0 bridgehead atoms. The number of aliphatic hydroxyl groups excluding tert-OH is 1. The summed E-state index contributed by atoms with van der Waals surface area (Å²) in [5, 5.41) is 16.2. The Morgan fingerprint density at radius 3 is 2.15 bits per heavy atom. The van der Waals surface area contributed by atoms with Crippen LogP contribution in [0.1, 0.15) is 63.1 Å². The van der Waals surface area contributed by atoms with Gasteiger partial charge in [0, 0.05) is 19.2 Å². The smallest absolute Gasteiger partial charge is 0.238 e. The van der Waals surface area contributed by atoms with Gasteiger partial charge in [0.1, 0.15) is 11.6 Å². The lowest BCUT2D eigenvalue weighted by atomic mass is 10.00. The summed E-state index contributed by atoms with van der Waals surface area (Å²) in [5.74, 6) is -2.83. The quantitative estimate of drug-likeness (QED) is 0.218. The van der Waals surface area contributed by atoms with E-state index in [-0.39, 0.29) is 30.9 Å². The summed E-state index contributed by atoms with van der Waals surface area (Å²) in [6, 6.07) is 8.66. The molecular weight excluding hydrogens is 560 g/mol. The van der Waals surface area contributed by atoms with Crippen molar-refractivity contribution in [3.8, 4) is 0 Å². The average Bonchev–Trinajstić information content (AvgIpc) is 2.87. The van der Waals surface area contributed by atoms with Gasteiger partial charge < -0.3 is 21.5 Å². The van der Waals surface area contributed by atoms with Gasteiger partial charge in [0.2, 0.25) is 5.91 Å². The van der Waals surface area contributed by atoms with E-state index in [0.29, 0.717) is 32.2 Å². The van der Waals surface area contributed by atoms with Crippen molar-refractivity contribution in [1.29, 1.82) is 0 Å². The fraction of sp³-hybridized carbons (Fsp3) is 0.552. The first-order valence-electron chi connectivity index (χ1n) is 13.7. The molecule has 0 radical (unpaired) electrons. The van der Waals surface area contributed by atoms with Gasteiger partial charge in [0.15, 0.2) is 9.84 Å². The zero-order chi connectivity index (χ0) is 29.0. The van der Waals surface area contributed by atoms with Crippen molar-refractivity contribution in [2.24, 2.45) is 5.73 Å². The third-order valence-corrected chi connectivity index (χ3v) is 9.04. The minimum Gasteiger partial charge on any atom is -0.390 e. The van der Waals surface area contributed by atoms with Gasteiger partial charge in [-0.25, -0.2) is 17.2 Å². The van der Waals surface area contributed by atoms with Crippen LogP contribution in [-0.4, -0.2) is 55.2 Å². The van der Waals surface area contributed by atoms with E-state index in [1.807, 2.05) is 32.0 Å². The molecule has 226 valence electrons. The Labute approximate surface area is 243 Å². The fourth-order valence-corrected chi connectivity index (χ4v) is 6.75. The SMILES string of the molecule is CCCC(CCC)S(=O)(=O)C[C@H](N)C(=O)N[C@@H](Cc1cc(F)cc(F)c1)[C@H](O)CNCc1cccc(CC)c1.Cl. The highest BCUT2D eigenvalue weighted by molar-refractivity contribution is 7.92. The van der Waals surface area contributed by atoms with Crippen LogP contribution >= 0.6 is 12.4 Å². The van der Waals surface area contributed by atoms with Gasteiger partial charge in [0.05, 0.1) is 29.2 Å². The standard InChI is InChI=1S/C29H43F2N3O4S.ClH/c1-4-8-25(9-5-2)39(37,38)19-26(32)29(36)34-27(15-22-13-23(30)16-24(31)14-22)28(35)18-33-17-21-11-7-10-20(6-3)12-21;/h7,10-14,16,25-28,33,35H,4-6,8-9,15,17-19,32H2,1-3H3,(H,34,36);1H/t26-,27-,28+;/m0./s1. The van der Waals surface area contributed by atoms with Crippen LogP contribution in [0.4, 0.5) is 8.78 Å². The summed E-state index contributed by atoms with van der Waals surface area (Å²) in [7, 11) is -3.63. The first-order valence-corrected chi connectivity index (χ1v) is 15.4. The Morgan fingerprint density at radius 1 is 0.975 bits per heavy atom. The summed E-state index contributed by atoms with van der Waals surface area (Å²) in [6.45, 7) is 6.40. The summed E-state index contributed by atoms with van der Waals surface area (Å²) >= 11 is 0. The molecule has 1 amide bonds. The van der Waals surface area contributed by atoms with E-state index >= 15 is 0 Å². The number of carbonyl (C=O) groups is 1. The number of nitrogens with one attached hydrogen (secondary N) is 2. The van der Waals surface area contributed by atoms with Gasteiger partial charge in [0.25, 0.3) is 0 Å². The Morgan fingerprint density at radius 2 is 1.57 bits per heavy atom. The number of amides is 1. The lowest BCUT2D eigenvalue weighted by Crippen LogP contribution is -2.54. The molecule has 0 saturated heterocycles. The largest absolute Gasteiger partial charge is 0.390 e. The number of aliphatic hydroxyl groups is 1. The van der Waals surface area contributed by atoms with Gasteiger partial charge in [-0.05, 0) is 54.5 Å². The maximum absolute atomic E-state index is 13.8. The third-order valence-electron chi connectivity index (χ3n) is 6.73. The topological polar surface area (TPSA) is 122 Å². The van der Waals surface area contributed by atoms with E-state index in [2.05, 4.69) is 23.6 Å². The molecule has 3 atom stereocenters. The molecule has 40 heavy (non-hydrogen) atoms. The maximum Gasteiger partial charge on any atom is 0.238 e. The normalized spacial score (nSPS) is 13.9. The molecule has 2 aromatic carbocycles. The lowest BCUT2D eigenvalue weighted by molar-refractivity contribution is -0.123. The second kappa shape index (κ2) is 17.6. The monoisotopic (exact) mass is 603 g/mol. The first-order chi connectivity index (χ1) is 18.5. The molecule has 0 spiro atoms. The molecule has 2 aromatic rings. The number of aryl methyl sites for hydroxylation is 1. The minimum absolute atomic E-state index is 0. The number of benzene rings is 2. The zero-order valence-corrected chi connectivity index (χ0v) is 25.2. The number of nitrogens with two attached hydrogens (primary N) is 1. The van der Waals surface area contributed by atoms with Crippen molar-refractivity contribution in [2.75, 3.05) is 12.3 Å². The molecule has 0 fully saturated rings. The Kier molecular flexibility index (Phi) is 15.8. The molecular formula is C29H44ClF2N3O4S. The maximum atomic E-state index is 13.8. The van der Waals surface area contributed by atoms with E-state index in [0.717, 1.165) is 30.2 Å². The highest BCUT2D eigenvalue weighted by atomic mass is 35.5. The van der Waals surface area contributed by atoms with Crippen LogP contribution in [-0.2, 0) is 34.0 Å². The van der Waals surface area contributed by atoms with Gasteiger partial charge in [-0.1, -0.05) is 57.9 Å². The van der Waals surface area contributed by atoms with Crippen LogP contribution in [0.2, 0.25) is 0 Å². The number of hydrogen-bond donors (Lipinski definition) is 4. The number of halogens is 3. The van der Waals surface area contributed by atoms with Crippen molar-refractivity contribution >= 4 is 28.2 Å². The van der Waals surface area contributed by atoms with Crippen molar-refractivity contribution in [2.45, 2.75) is 89.3 Å². The van der Waals surface area contributed by atoms with Crippen molar-refractivity contribution in [3.63, 3.8) is 0 Å². The van der Waals surface area contributed by atoms with E-state index in [4.69, 9.17) is 5.73 Å². The minimum atomic E-state index is -3.63. The predicted octanol–water partition coefficient (Wildman–Crippen LogP) is 3.84. The number of sulfone groups is 1. The Bertz CT molecular complexity index is 1140. The zero-order valence-electron chi connectivity index (χ0n) is 23.5. The summed E-state index contributed by atoms with van der Waals surface area (Å²) in [5.41, 5.74) is 8.46. The van der Waals surface area contributed by atoms with E-state index in [1.54, 1.807) is 0 Å². The van der Waals surface area contributed by atoms with Crippen LogP contribution in [0.3, 0.4) is 0 Å². The van der Waals surface area contributed by atoms with Crippen molar-refractivity contribution in [3.05, 3.63) is 70.8 Å². The number of rotatable bonds is 17. The Hall–Kier alpha value is -2.11. The molecule has 11 heteroatoms. The third kappa shape index (κ3) is 11.8. The molecule has 0 aliphatic rings. The summed E-state index contributed by atoms with van der Waals surface area (Å²) in [4.78, 5) is 13.0. The molecule has 2 rings (SSSR count). The van der Waals surface area contributed by atoms with Gasteiger partial charge in [-0.3, -0.25) is 4.79 Å². The van der Waals surface area contributed by atoms with E-state index in [9.17, 15) is 27.1 Å². The molecule has 5 N–H and O–H groups in total. The van der Waals surface area contributed by atoms with Crippen molar-refractivity contribution < 1.29 is 27.1 Å². The number of hydrogen-bond acceptors (Lipinski definition) is 6. The highest BCUT2D eigenvalue weighted by Gasteiger charge is 2.31. The molecule has 0 unspecified atom stereocenters. The molecule has 0 aliphatic carbocycles. The van der Waals surface area contributed by atoms with Gasteiger partial charge in [-0.15, -0.1) is 12.4 Å². The van der Waals surface area contributed by atoms with E-state index in [1.165, 1.54) is 5.56 Å². The first kappa shape index (κ1) is 35.9. The fourth-order valence-electron chi connectivity index (χ4n) is 4.63. The predicted molar refractivity (Wildman–Crippen MR) is 158 cm³/mol. The molecule has 0 aromatic heterocycles. The Balaban J connectivity index is 0.00000800.